The molecule has 17 nitrogen and oxygen atoms in total. The first-order valence-electron chi connectivity index (χ1n) is 8.14. The molecule has 0 aliphatic carbocycles. The molecular formula is C11H17N4O13P3. The zero-order valence-corrected chi connectivity index (χ0v) is 17.8. The van der Waals surface area contributed by atoms with Gasteiger partial charge in [0, 0.05) is 12.6 Å². The van der Waals surface area contributed by atoms with E-state index < -0.39 is 54.1 Å². The van der Waals surface area contributed by atoms with Gasteiger partial charge in [0.05, 0.1) is 18.1 Å². The second kappa shape index (κ2) is 8.48. The Bertz CT molecular complexity index is 1170. The fourth-order valence-electron chi connectivity index (χ4n) is 2.80. The molecule has 2 unspecified atom stereocenters. The molecule has 0 radical (unpaired) electrons. The first-order valence-corrected chi connectivity index (χ1v) is 12.7. The van der Waals surface area contributed by atoms with E-state index >= 15 is 0 Å². The minimum atomic E-state index is -5.66. The van der Waals surface area contributed by atoms with Crippen molar-refractivity contribution in [1.29, 1.82) is 0 Å². The van der Waals surface area contributed by atoms with Crippen LogP contribution in [0.3, 0.4) is 0 Å². The summed E-state index contributed by atoms with van der Waals surface area (Å²) in [6.45, 7) is -0.823. The normalized spacial score (nSPS) is 26.0. The lowest BCUT2D eigenvalue weighted by Gasteiger charge is -2.19. The molecule has 0 saturated carbocycles. The van der Waals surface area contributed by atoms with E-state index in [4.69, 9.17) is 25.2 Å². The highest BCUT2D eigenvalue weighted by Crippen LogP contribution is 2.66. The topological polar surface area (TPSA) is 266 Å². The van der Waals surface area contributed by atoms with Gasteiger partial charge in [-0.2, -0.15) is 13.6 Å². The van der Waals surface area contributed by atoms with Gasteiger partial charge in [0.2, 0.25) is 5.95 Å². The molecule has 174 valence electrons. The third-order valence-corrected chi connectivity index (χ3v) is 7.73. The number of nitrogens with zero attached hydrogens (tertiary/aromatic N) is 2. The van der Waals surface area contributed by atoms with Crippen LogP contribution in [0.15, 0.2) is 17.1 Å². The number of nitrogen functional groups attached to an aromatic ring is 1. The van der Waals surface area contributed by atoms with Gasteiger partial charge in [0.1, 0.15) is 12.3 Å². The summed E-state index contributed by atoms with van der Waals surface area (Å²) in [5.74, 6) is -0.153. The van der Waals surface area contributed by atoms with Crippen molar-refractivity contribution < 1.29 is 56.3 Å². The highest BCUT2D eigenvalue weighted by molar-refractivity contribution is 7.66. The Morgan fingerprint density at radius 2 is 1.90 bits per heavy atom. The molecule has 20 heteroatoms. The van der Waals surface area contributed by atoms with E-state index in [2.05, 4.69) is 23.1 Å². The van der Waals surface area contributed by atoms with Crippen molar-refractivity contribution in [2.45, 2.75) is 24.9 Å². The molecule has 1 aliphatic rings. The maximum Gasteiger partial charge on any atom is 0.490 e. The number of phosphoric ester groups is 1. The van der Waals surface area contributed by atoms with Gasteiger partial charge in [0.25, 0.3) is 5.56 Å². The summed E-state index contributed by atoms with van der Waals surface area (Å²) in [5.41, 5.74) is 5.19. The fourth-order valence-corrected chi connectivity index (χ4v) is 5.83. The smallest absolute Gasteiger partial charge is 0.390 e. The Morgan fingerprint density at radius 1 is 1.23 bits per heavy atom. The van der Waals surface area contributed by atoms with E-state index in [1.807, 2.05) is 0 Å². The first-order chi connectivity index (χ1) is 14.2. The number of fused-ring (bicyclic) bond motifs is 1. The lowest BCUT2D eigenvalue weighted by molar-refractivity contribution is -0.0421. The fraction of sp³-hybridized carbons (Fsp3) is 0.455. The number of nitrogens with one attached hydrogen (secondary N) is 1. The summed E-state index contributed by atoms with van der Waals surface area (Å²) in [6.07, 6.45) is -1.95. The number of phosphoric acid groups is 3. The lowest BCUT2D eigenvalue weighted by Crippen LogP contribution is -2.26. The first kappa shape index (κ1) is 24.2. The molecule has 0 aromatic carbocycles. The number of aliphatic hydroxyl groups excluding tert-OH is 1. The van der Waals surface area contributed by atoms with Crippen LogP contribution < -0.4 is 11.3 Å². The summed E-state index contributed by atoms with van der Waals surface area (Å²) in [4.78, 5) is 53.8. The molecular weight excluding hydrogens is 489 g/mol. The minimum absolute atomic E-state index is 0.0530. The van der Waals surface area contributed by atoms with Crippen molar-refractivity contribution in [3.8, 4) is 0 Å². The quantitative estimate of drug-likeness (QED) is 0.218. The average Bonchev–Trinajstić information content (AvgIpc) is 3.13. The van der Waals surface area contributed by atoms with Gasteiger partial charge in [-0.1, -0.05) is 0 Å². The monoisotopic (exact) mass is 506 g/mol. The number of hydrogen-bond acceptors (Lipinski definition) is 11. The van der Waals surface area contributed by atoms with Crippen molar-refractivity contribution in [1.82, 2.24) is 14.5 Å². The largest absolute Gasteiger partial charge is 0.490 e. The Labute approximate surface area is 171 Å². The van der Waals surface area contributed by atoms with Crippen LogP contribution in [-0.2, 0) is 31.6 Å². The molecule has 1 aliphatic heterocycles. The molecule has 5 atom stereocenters. The molecule has 1 saturated heterocycles. The van der Waals surface area contributed by atoms with Crippen LogP contribution in [0.2, 0.25) is 0 Å². The lowest BCUT2D eigenvalue weighted by atomic mass is 10.2. The maximum atomic E-state index is 11.9. The number of ether oxygens (including phenoxy) is 1. The van der Waals surface area contributed by atoms with E-state index in [0.29, 0.717) is 0 Å². The van der Waals surface area contributed by atoms with Crippen LogP contribution >= 0.6 is 23.5 Å². The number of rotatable bonds is 8. The van der Waals surface area contributed by atoms with Gasteiger partial charge in [0.15, 0.2) is 5.65 Å². The second-order valence-corrected chi connectivity index (χ2v) is 10.7. The second-order valence-electron chi connectivity index (χ2n) is 6.23. The molecule has 2 aromatic rings. The molecule has 2 aromatic heterocycles. The summed E-state index contributed by atoms with van der Waals surface area (Å²) in [6, 6.07) is 1.44. The minimum Gasteiger partial charge on any atom is -0.390 e. The Hall–Kier alpha value is -1.45. The number of H-pyrrole nitrogens is 1. The summed E-state index contributed by atoms with van der Waals surface area (Å²) >= 11 is 0. The predicted molar refractivity (Wildman–Crippen MR) is 99.1 cm³/mol. The van der Waals surface area contributed by atoms with Gasteiger partial charge < -0.3 is 39.7 Å². The average molecular weight is 506 g/mol. The van der Waals surface area contributed by atoms with Crippen molar-refractivity contribution in [3.63, 3.8) is 0 Å². The number of aromatic nitrogens is 3. The Morgan fingerprint density at radius 3 is 2.55 bits per heavy atom. The number of aromatic amines is 1. The molecule has 0 bridgehead atoms. The molecule has 1 fully saturated rings. The maximum absolute atomic E-state index is 11.9. The molecule has 31 heavy (non-hydrogen) atoms. The van der Waals surface area contributed by atoms with E-state index in [0.717, 1.165) is 0 Å². The summed E-state index contributed by atoms with van der Waals surface area (Å²) < 4.78 is 52.3. The zero-order valence-electron chi connectivity index (χ0n) is 15.1. The van der Waals surface area contributed by atoms with Crippen molar-refractivity contribution in [2.24, 2.45) is 0 Å². The van der Waals surface area contributed by atoms with Crippen molar-refractivity contribution >= 4 is 40.4 Å². The number of anilines is 1. The SMILES string of the molecule is Nc1nc2c(ccn2[C@@H]2C[C@H](O)[C@H](COP(=O)(O)OP(=O)(O)OP(=O)(O)O)O2)c(=O)[nH]1. The van der Waals surface area contributed by atoms with E-state index in [-0.39, 0.29) is 23.4 Å². The van der Waals surface area contributed by atoms with Crippen LogP contribution in [0.5, 0.6) is 0 Å². The summed E-state index contributed by atoms with van der Waals surface area (Å²) in [5, 5.41) is 10.3. The van der Waals surface area contributed by atoms with Crippen LogP contribution in [0.4, 0.5) is 5.95 Å². The van der Waals surface area contributed by atoms with Gasteiger partial charge in [-0.3, -0.25) is 14.3 Å². The Balaban J connectivity index is 1.67. The van der Waals surface area contributed by atoms with Crippen LogP contribution in [0.1, 0.15) is 12.6 Å². The number of aliphatic hydroxyl groups is 1. The van der Waals surface area contributed by atoms with Crippen molar-refractivity contribution in [2.75, 3.05) is 12.3 Å². The highest BCUT2D eigenvalue weighted by Gasteiger charge is 2.43. The third-order valence-electron chi connectivity index (χ3n) is 3.93. The molecule has 3 heterocycles. The van der Waals surface area contributed by atoms with E-state index in [1.54, 1.807) is 0 Å². The molecule has 0 spiro atoms. The van der Waals surface area contributed by atoms with Crippen molar-refractivity contribution in [3.05, 3.63) is 22.6 Å². The van der Waals surface area contributed by atoms with Crippen LogP contribution in [0, 0.1) is 0 Å². The zero-order chi connectivity index (χ0) is 23.2. The highest BCUT2D eigenvalue weighted by atomic mass is 31.3. The van der Waals surface area contributed by atoms with E-state index in [9.17, 15) is 28.5 Å². The molecule has 3 rings (SSSR count). The third kappa shape index (κ3) is 6.08. The van der Waals surface area contributed by atoms with E-state index in [1.165, 1.54) is 16.8 Å². The van der Waals surface area contributed by atoms with Crippen LogP contribution in [0.25, 0.3) is 11.0 Å². The van der Waals surface area contributed by atoms with Gasteiger partial charge in [-0.15, -0.1) is 0 Å². The summed E-state index contributed by atoms with van der Waals surface area (Å²) in [7, 11) is -16.5. The standard InChI is InChI=1S/C11H17N4O13P3/c12-11-13-9-5(10(17)14-11)1-2-15(9)8-3-6(16)7(26-8)4-25-30(21,22)28-31(23,24)27-29(18,19)20/h1-2,6-8,16H,3-4H2,(H,21,22)(H,23,24)(H2,18,19,20)(H3,12,13,14,17)/t6-,7-,8-/m0/s1. The van der Waals surface area contributed by atoms with Crippen LogP contribution in [-0.4, -0.2) is 58.0 Å². The van der Waals surface area contributed by atoms with Gasteiger partial charge >= 0.3 is 23.5 Å². The number of hydrogen-bond donors (Lipinski definition) is 7. The molecule has 8 N–H and O–H groups in total. The van der Waals surface area contributed by atoms with Gasteiger partial charge in [-0.25, -0.2) is 13.7 Å². The molecule has 0 amide bonds. The predicted octanol–water partition coefficient (Wildman–Crippen LogP) is -0.702. The Kier molecular flexibility index (Phi) is 6.62. The number of nitrogens with two attached hydrogens (primary N) is 1. The van der Waals surface area contributed by atoms with Gasteiger partial charge in [-0.05, 0) is 6.07 Å².